The number of nitrogens with one attached hydrogen (secondary N) is 2. The van der Waals surface area contributed by atoms with Crippen LogP contribution < -0.4 is 15.4 Å². The van der Waals surface area contributed by atoms with E-state index in [9.17, 15) is 4.79 Å². The molecule has 1 aromatic rings. The van der Waals surface area contributed by atoms with Gasteiger partial charge in [0.25, 0.3) is 0 Å². The van der Waals surface area contributed by atoms with E-state index in [2.05, 4.69) is 28.8 Å². The molecule has 0 unspecified atom stereocenters. The molecule has 1 saturated heterocycles. The first kappa shape index (κ1) is 18.1. The number of benzene rings is 1. The van der Waals surface area contributed by atoms with E-state index in [4.69, 9.17) is 4.74 Å². The molecule has 1 aliphatic carbocycles. The number of piperidine rings is 1. The van der Waals surface area contributed by atoms with Gasteiger partial charge in [0.2, 0.25) is 5.91 Å². The van der Waals surface area contributed by atoms with E-state index >= 15 is 0 Å². The molecule has 1 aliphatic heterocycles. The number of rotatable bonds is 5. The number of halogens is 1. The van der Waals surface area contributed by atoms with Crippen molar-refractivity contribution < 1.29 is 9.53 Å². The van der Waals surface area contributed by atoms with Gasteiger partial charge >= 0.3 is 0 Å². The normalized spacial score (nSPS) is 18.7. The second kappa shape index (κ2) is 8.55. The quantitative estimate of drug-likeness (QED) is 0.868. The Morgan fingerprint density at radius 2 is 2.00 bits per heavy atom. The van der Waals surface area contributed by atoms with Crippen LogP contribution in [0.25, 0.3) is 0 Å². The average Bonchev–Trinajstić information content (AvgIpc) is 2.52. The van der Waals surface area contributed by atoms with Gasteiger partial charge in [0.15, 0.2) is 0 Å². The van der Waals surface area contributed by atoms with E-state index in [-0.39, 0.29) is 18.3 Å². The summed E-state index contributed by atoms with van der Waals surface area (Å²) < 4.78 is 5.53. The number of methoxy groups -OCH3 is 1. The Bertz CT molecular complexity index is 526. The summed E-state index contributed by atoms with van der Waals surface area (Å²) in [6, 6.07) is 6.76. The summed E-state index contributed by atoms with van der Waals surface area (Å²) in [5.74, 6) is 1.56. The van der Waals surface area contributed by atoms with Crippen molar-refractivity contribution in [1.82, 2.24) is 10.6 Å². The number of carbonyl (C=O) groups is 1. The van der Waals surface area contributed by atoms with Crippen molar-refractivity contribution in [3.8, 4) is 5.75 Å². The van der Waals surface area contributed by atoms with Crippen LogP contribution in [0.5, 0.6) is 5.75 Å². The maximum Gasteiger partial charge on any atom is 0.224 e. The maximum atomic E-state index is 12.1. The monoisotopic (exact) mass is 338 g/mol. The van der Waals surface area contributed by atoms with Crippen molar-refractivity contribution in [2.45, 2.75) is 50.5 Å². The van der Waals surface area contributed by atoms with E-state index in [1.807, 2.05) is 0 Å². The van der Waals surface area contributed by atoms with Gasteiger partial charge in [-0.2, -0.15) is 0 Å². The number of amides is 1. The lowest BCUT2D eigenvalue weighted by Gasteiger charge is -2.26. The fourth-order valence-corrected chi connectivity index (χ4v) is 3.32. The molecular formula is C18H27ClN2O2. The summed E-state index contributed by atoms with van der Waals surface area (Å²) >= 11 is 0. The van der Waals surface area contributed by atoms with E-state index in [0.717, 1.165) is 37.2 Å². The van der Waals surface area contributed by atoms with Gasteiger partial charge in [0.05, 0.1) is 13.5 Å². The first-order valence-electron chi connectivity index (χ1n) is 8.43. The molecule has 1 saturated carbocycles. The molecule has 2 aliphatic rings. The van der Waals surface area contributed by atoms with Crippen LogP contribution >= 0.6 is 12.4 Å². The minimum atomic E-state index is 0. The highest BCUT2D eigenvalue weighted by molar-refractivity contribution is 5.85. The Morgan fingerprint density at radius 3 is 2.61 bits per heavy atom. The largest absolute Gasteiger partial charge is 0.496 e. The summed E-state index contributed by atoms with van der Waals surface area (Å²) in [5, 5.41) is 6.49. The minimum Gasteiger partial charge on any atom is -0.496 e. The van der Waals surface area contributed by atoms with Crippen LogP contribution in [-0.4, -0.2) is 32.1 Å². The van der Waals surface area contributed by atoms with Crippen LogP contribution in [0.4, 0.5) is 0 Å². The highest BCUT2D eigenvalue weighted by Gasteiger charge is 2.21. The molecule has 0 aromatic heterocycles. The third-order valence-electron chi connectivity index (χ3n) is 4.94. The van der Waals surface area contributed by atoms with Crippen molar-refractivity contribution in [3.05, 3.63) is 29.3 Å². The molecule has 23 heavy (non-hydrogen) atoms. The molecule has 3 rings (SSSR count). The Hall–Kier alpha value is -1.26. The maximum absolute atomic E-state index is 12.1. The van der Waals surface area contributed by atoms with Crippen molar-refractivity contribution in [1.29, 1.82) is 0 Å². The van der Waals surface area contributed by atoms with E-state index in [0.29, 0.717) is 18.4 Å². The topological polar surface area (TPSA) is 50.4 Å². The summed E-state index contributed by atoms with van der Waals surface area (Å²) in [4.78, 5) is 12.1. The molecule has 0 spiro atoms. The molecule has 1 aromatic carbocycles. The van der Waals surface area contributed by atoms with Gasteiger partial charge in [0, 0.05) is 11.6 Å². The lowest BCUT2D eigenvalue weighted by molar-refractivity contribution is -0.121. The fourth-order valence-electron chi connectivity index (χ4n) is 3.32. The molecule has 2 N–H and O–H groups in total. The third kappa shape index (κ3) is 4.61. The molecule has 0 bridgehead atoms. The number of hydrogen-bond donors (Lipinski definition) is 2. The van der Waals surface area contributed by atoms with Crippen LogP contribution in [0.1, 0.15) is 49.1 Å². The molecule has 128 valence electrons. The Kier molecular flexibility index (Phi) is 6.72. The van der Waals surface area contributed by atoms with Crippen LogP contribution in [0, 0.1) is 0 Å². The number of carbonyl (C=O) groups excluding carboxylic acids is 1. The van der Waals surface area contributed by atoms with Crippen molar-refractivity contribution >= 4 is 18.3 Å². The predicted molar refractivity (Wildman–Crippen MR) is 94.6 cm³/mol. The Labute approximate surface area is 144 Å². The first-order valence-corrected chi connectivity index (χ1v) is 8.43. The zero-order valence-corrected chi connectivity index (χ0v) is 14.6. The smallest absolute Gasteiger partial charge is 0.224 e. The molecule has 4 nitrogen and oxygen atoms in total. The molecular weight excluding hydrogens is 312 g/mol. The Morgan fingerprint density at radius 1 is 1.26 bits per heavy atom. The highest BCUT2D eigenvalue weighted by atomic mass is 35.5. The minimum absolute atomic E-state index is 0. The zero-order chi connectivity index (χ0) is 15.4. The molecule has 0 atom stereocenters. The van der Waals surface area contributed by atoms with Crippen LogP contribution in [0.3, 0.4) is 0 Å². The summed E-state index contributed by atoms with van der Waals surface area (Å²) in [6.45, 7) is 2.16. The molecule has 1 amide bonds. The second-order valence-corrected chi connectivity index (χ2v) is 6.47. The summed E-state index contributed by atoms with van der Waals surface area (Å²) in [5.41, 5.74) is 2.32. The standard InChI is InChI=1S/C18H26N2O2.ClH/c1-22-17-11-14(13-7-9-19-10-8-13)5-6-15(17)12-18(21)20-16-3-2-4-16;/h5-6,11,13,16,19H,2-4,7-10,12H2,1H3,(H,20,21);1H. The van der Waals surface area contributed by atoms with Crippen LogP contribution in [0.2, 0.25) is 0 Å². The van der Waals surface area contributed by atoms with Crippen LogP contribution in [0.15, 0.2) is 18.2 Å². The van der Waals surface area contributed by atoms with E-state index < -0.39 is 0 Å². The fraction of sp³-hybridized carbons (Fsp3) is 0.611. The van der Waals surface area contributed by atoms with Crippen molar-refractivity contribution in [2.75, 3.05) is 20.2 Å². The number of hydrogen-bond acceptors (Lipinski definition) is 3. The predicted octanol–water partition coefficient (Wildman–Crippen LogP) is 2.80. The second-order valence-electron chi connectivity index (χ2n) is 6.47. The van der Waals surface area contributed by atoms with E-state index in [1.165, 1.54) is 24.8 Å². The molecule has 5 heteroatoms. The third-order valence-corrected chi connectivity index (χ3v) is 4.94. The van der Waals surface area contributed by atoms with Gasteiger partial charge in [0.1, 0.15) is 5.75 Å². The molecule has 1 heterocycles. The van der Waals surface area contributed by atoms with Gasteiger partial charge in [-0.1, -0.05) is 12.1 Å². The van der Waals surface area contributed by atoms with E-state index in [1.54, 1.807) is 7.11 Å². The molecule has 2 fully saturated rings. The van der Waals surface area contributed by atoms with Gasteiger partial charge in [-0.25, -0.2) is 0 Å². The van der Waals surface area contributed by atoms with Gasteiger partial charge in [-0.15, -0.1) is 12.4 Å². The van der Waals surface area contributed by atoms with Gasteiger partial charge in [-0.3, -0.25) is 4.79 Å². The highest BCUT2D eigenvalue weighted by Crippen LogP contribution is 2.30. The molecule has 0 radical (unpaired) electrons. The first-order chi connectivity index (χ1) is 10.8. The summed E-state index contributed by atoms with van der Waals surface area (Å²) in [6.07, 6.45) is 6.23. The number of ether oxygens (including phenoxy) is 1. The SMILES string of the molecule is COc1cc(C2CCNCC2)ccc1CC(=O)NC1CCC1.Cl. The lowest BCUT2D eigenvalue weighted by atomic mass is 9.89. The lowest BCUT2D eigenvalue weighted by Crippen LogP contribution is -2.40. The van der Waals surface area contributed by atoms with Gasteiger partial charge < -0.3 is 15.4 Å². The van der Waals surface area contributed by atoms with Gasteiger partial charge in [-0.05, 0) is 62.7 Å². The van der Waals surface area contributed by atoms with Crippen LogP contribution in [-0.2, 0) is 11.2 Å². The summed E-state index contributed by atoms with van der Waals surface area (Å²) in [7, 11) is 1.69. The average molecular weight is 339 g/mol. The van der Waals surface area contributed by atoms with Crippen molar-refractivity contribution in [3.63, 3.8) is 0 Å². The Balaban J connectivity index is 0.00000192. The van der Waals surface area contributed by atoms with Crippen molar-refractivity contribution in [2.24, 2.45) is 0 Å². The zero-order valence-electron chi connectivity index (χ0n) is 13.8.